The van der Waals surface area contributed by atoms with E-state index in [1.165, 1.54) is 24.1 Å². The Hall–Kier alpha value is -3.77. The van der Waals surface area contributed by atoms with Crippen molar-refractivity contribution in [2.75, 3.05) is 12.0 Å². The molecule has 6 nitrogen and oxygen atoms in total. The van der Waals surface area contributed by atoms with Crippen molar-refractivity contribution in [3.05, 3.63) is 94.0 Å². The molecule has 2 N–H and O–H groups in total. The molecule has 1 aliphatic rings. The van der Waals surface area contributed by atoms with E-state index in [9.17, 15) is 19.8 Å². The van der Waals surface area contributed by atoms with E-state index < -0.39 is 23.5 Å². The number of nitrogens with zero attached hydrogens (tertiary/aromatic N) is 1. The van der Waals surface area contributed by atoms with Crippen molar-refractivity contribution in [3.63, 3.8) is 0 Å². The van der Waals surface area contributed by atoms with Crippen LogP contribution in [0.15, 0.2) is 72.3 Å². The highest BCUT2D eigenvalue weighted by Crippen LogP contribution is 2.46. The SMILES string of the molecule is COc1ccc(Cl)cc1/C(O)=C1\C(=O)C(=O)N(c2ccccc2O)C1c1ccccc1C. The molecular weight excluding hydrogens is 430 g/mol. The van der Waals surface area contributed by atoms with Crippen LogP contribution in [-0.2, 0) is 9.59 Å². The lowest BCUT2D eigenvalue weighted by Crippen LogP contribution is -2.29. The molecular formula is C25H20ClNO5. The summed E-state index contributed by atoms with van der Waals surface area (Å²) >= 11 is 6.13. The quantitative estimate of drug-likeness (QED) is 0.333. The van der Waals surface area contributed by atoms with Crippen LogP contribution >= 0.6 is 11.6 Å². The number of benzene rings is 3. The maximum absolute atomic E-state index is 13.2. The first-order valence-corrected chi connectivity index (χ1v) is 10.2. The number of para-hydroxylation sites is 2. The number of aliphatic hydroxyl groups excluding tert-OH is 1. The maximum atomic E-state index is 13.2. The summed E-state index contributed by atoms with van der Waals surface area (Å²) in [5.41, 5.74) is 1.68. The summed E-state index contributed by atoms with van der Waals surface area (Å²) in [6, 6.07) is 17.2. The summed E-state index contributed by atoms with van der Waals surface area (Å²) in [5, 5.41) is 22.1. The van der Waals surface area contributed by atoms with Crippen LogP contribution in [0.25, 0.3) is 5.76 Å². The molecule has 3 aromatic rings. The fourth-order valence-corrected chi connectivity index (χ4v) is 4.12. The van der Waals surface area contributed by atoms with Gasteiger partial charge in [-0.15, -0.1) is 0 Å². The van der Waals surface area contributed by atoms with E-state index in [0.717, 1.165) is 5.56 Å². The third-order valence-electron chi connectivity index (χ3n) is 5.49. The van der Waals surface area contributed by atoms with Crippen LogP contribution in [0.3, 0.4) is 0 Å². The zero-order valence-corrected chi connectivity index (χ0v) is 18.1. The molecule has 162 valence electrons. The lowest BCUT2D eigenvalue weighted by Gasteiger charge is -2.27. The van der Waals surface area contributed by atoms with Crippen LogP contribution in [0.5, 0.6) is 11.5 Å². The number of amides is 1. The molecule has 32 heavy (non-hydrogen) atoms. The van der Waals surface area contributed by atoms with Crippen LogP contribution in [-0.4, -0.2) is 29.0 Å². The molecule has 1 fully saturated rings. The van der Waals surface area contributed by atoms with E-state index in [1.807, 2.05) is 19.1 Å². The maximum Gasteiger partial charge on any atom is 0.300 e. The van der Waals surface area contributed by atoms with Crippen LogP contribution in [0.1, 0.15) is 22.7 Å². The van der Waals surface area contributed by atoms with E-state index >= 15 is 0 Å². The number of ketones is 1. The molecule has 4 rings (SSSR count). The molecule has 0 radical (unpaired) electrons. The van der Waals surface area contributed by atoms with Crippen LogP contribution in [0.4, 0.5) is 5.69 Å². The Balaban J connectivity index is 2.04. The molecule has 1 amide bonds. The number of ether oxygens (including phenoxy) is 1. The van der Waals surface area contributed by atoms with Crippen molar-refractivity contribution >= 4 is 34.7 Å². The lowest BCUT2D eigenvalue weighted by atomic mass is 9.92. The number of aryl methyl sites for hydroxylation is 1. The number of rotatable bonds is 4. The highest BCUT2D eigenvalue weighted by molar-refractivity contribution is 6.52. The molecule has 1 saturated heterocycles. The molecule has 1 heterocycles. The summed E-state index contributed by atoms with van der Waals surface area (Å²) < 4.78 is 5.34. The fraction of sp³-hybridized carbons (Fsp3) is 0.120. The molecule has 1 atom stereocenters. The van der Waals surface area contributed by atoms with Crippen molar-refractivity contribution in [2.45, 2.75) is 13.0 Å². The number of anilines is 1. The van der Waals surface area contributed by atoms with Gasteiger partial charge < -0.3 is 14.9 Å². The Kier molecular flexibility index (Phi) is 5.63. The average molecular weight is 450 g/mol. The zero-order valence-electron chi connectivity index (χ0n) is 17.4. The number of Topliss-reactive ketones (excluding diaryl/α,β-unsaturated/α-hetero) is 1. The van der Waals surface area contributed by atoms with E-state index in [1.54, 1.807) is 42.5 Å². The first-order valence-electron chi connectivity index (χ1n) is 9.83. The molecule has 0 spiro atoms. The van der Waals surface area contributed by atoms with Gasteiger partial charge >= 0.3 is 0 Å². The van der Waals surface area contributed by atoms with Crippen molar-refractivity contribution in [3.8, 4) is 11.5 Å². The molecule has 1 aliphatic heterocycles. The highest BCUT2D eigenvalue weighted by Gasteiger charge is 2.48. The Labute approximate surface area is 189 Å². The standard InChI is InChI=1S/C25H20ClNO5/c1-14-7-3-4-8-16(14)22-21(23(29)17-13-15(26)11-12-20(17)32-2)24(30)25(31)27(22)18-9-5-6-10-19(18)28/h3-13,22,28-29H,1-2H3/b23-21+. The summed E-state index contributed by atoms with van der Waals surface area (Å²) in [4.78, 5) is 27.6. The van der Waals surface area contributed by atoms with Crippen molar-refractivity contribution < 1.29 is 24.5 Å². The number of carbonyl (C=O) groups is 2. The van der Waals surface area contributed by atoms with E-state index in [-0.39, 0.29) is 22.6 Å². The van der Waals surface area contributed by atoms with Gasteiger partial charge in [0.25, 0.3) is 11.7 Å². The number of phenolic OH excluding ortho intramolecular Hbond substituents is 1. The number of hydrogen-bond donors (Lipinski definition) is 2. The number of aromatic hydroxyl groups is 1. The first kappa shape index (κ1) is 21.5. The number of carbonyl (C=O) groups excluding carboxylic acids is 2. The van der Waals surface area contributed by atoms with Gasteiger partial charge in [0.15, 0.2) is 0 Å². The topological polar surface area (TPSA) is 87.1 Å². The Morgan fingerprint density at radius 3 is 2.41 bits per heavy atom. The molecule has 7 heteroatoms. The fourth-order valence-electron chi connectivity index (χ4n) is 3.95. The second kappa shape index (κ2) is 8.40. The molecule has 0 saturated carbocycles. The van der Waals surface area contributed by atoms with Gasteiger partial charge in [-0.1, -0.05) is 48.0 Å². The molecule has 1 unspecified atom stereocenters. The predicted octanol–water partition coefficient (Wildman–Crippen LogP) is 4.99. The van der Waals surface area contributed by atoms with Gasteiger partial charge in [0.2, 0.25) is 0 Å². The first-order chi connectivity index (χ1) is 15.3. The summed E-state index contributed by atoms with van der Waals surface area (Å²) in [7, 11) is 1.43. The third-order valence-corrected chi connectivity index (χ3v) is 5.72. The minimum atomic E-state index is -0.965. The number of hydrogen-bond acceptors (Lipinski definition) is 5. The Morgan fingerprint density at radius 2 is 1.72 bits per heavy atom. The second-order valence-electron chi connectivity index (χ2n) is 7.36. The lowest BCUT2D eigenvalue weighted by molar-refractivity contribution is -0.132. The summed E-state index contributed by atoms with van der Waals surface area (Å²) in [6.45, 7) is 1.85. The smallest absolute Gasteiger partial charge is 0.300 e. The molecule has 0 aromatic heterocycles. The third kappa shape index (κ3) is 3.48. The van der Waals surface area contributed by atoms with Crippen LogP contribution in [0, 0.1) is 6.92 Å². The van der Waals surface area contributed by atoms with Gasteiger partial charge in [-0.2, -0.15) is 0 Å². The van der Waals surface area contributed by atoms with Gasteiger partial charge in [-0.05, 0) is 48.4 Å². The number of phenols is 1. The molecule has 3 aromatic carbocycles. The average Bonchev–Trinajstić information content (AvgIpc) is 3.04. The monoisotopic (exact) mass is 449 g/mol. The van der Waals surface area contributed by atoms with Crippen molar-refractivity contribution in [1.29, 1.82) is 0 Å². The Bertz CT molecular complexity index is 1270. The predicted molar refractivity (Wildman–Crippen MR) is 122 cm³/mol. The highest BCUT2D eigenvalue weighted by atomic mass is 35.5. The van der Waals surface area contributed by atoms with Gasteiger partial charge in [-0.3, -0.25) is 14.5 Å². The van der Waals surface area contributed by atoms with Gasteiger partial charge in [-0.25, -0.2) is 0 Å². The molecule has 0 aliphatic carbocycles. The van der Waals surface area contributed by atoms with E-state index in [0.29, 0.717) is 16.3 Å². The minimum Gasteiger partial charge on any atom is -0.507 e. The van der Waals surface area contributed by atoms with Gasteiger partial charge in [0.05, 0.1) is 30.0 Å². The van der Waals surface area contributed by atoms with Crippen molar-refractivity contribution in [2.24, 2.45) is 0 Å². The van der Waals surface area contributed by atoms with E-state index in [2.05, 4.69) is 0 Å². The van der Waals surface area contributed by atoms with E-state index in [4.69, 9.17) is 16.3 Å². The Morgan fingerprint density at radius 1 is 1.03 bits per heavy atom. The second-order valence-corrected chi connectivity index (χ2v) is 7.80. The van der Waals surface area contributed by atoms with Gasteiger partial charge in [0.1, 0.15) is 17.3 Å². The number of aliphatic hydroxyl groups is 1. The van der Waals surface area contributed by atoms with Crippen LogP contribution < -0.4 is 9.64 Å². The summed E-state index contributed by atoms with van der Waals surface area (Å²) in [5.74, 6) is -2.00. The molecule has 0 bridgehead atoms. The number of methoxy groups -OCH3 is 1. The summed E-state index contributed by atoms with van der Waals surface area (Å²) in [6.07, 6.45) is 0. The number of halogens is 1. The van der Waals surface area contributed by atoms with Gasteiger partial charge in [0, 0.05) is 5.02 Å². The normalized spacial score (nSPS) is 17.6. The zero-order chi connectivity index (χ0) is 23.0. The minimum absolute atomic E-state index is 0.117. The van der Waals surface area contributed by atoms with Crippen molar-refractivity contribution in [1.82, 2.24) is 0 Å². The largest absolute Gasteiger partial charge is 0.507 e. The van der Waals surface area contributed by atoms with Crippen LogP contribution in [0.2, 0.25) is 5.02 Å².